The Morgan fingerprint density at radius 3 is 3.06 bits per heavy atom. The van der Waals surface area contributed by atoms with Crippen LogP contribution in [0, 0.1) is 0 Å². The molecule has 0 radical (unpaired) electrons. The number of nitrogens with zero attached hydrogens (tertiary/aromatic N) is 4. The van der Waals surface area contributed by atoms with E-state index in [4.69, 9.17) is 9.84 Å². The second kappa shape index (κ2) is 5.69. The van der Waals surface area contributed by atoms with E-state index in [-0.39, 0.29) is 5.69 Å². The monoisotopic (exact) mass is 268 g/mol. The van der Waals surface area contributed by atoms with Gasteiger partial charge in [-0.1, -0.05) is 5.21 Å². The zero-order valence-corrected chi connectivity index (χ0v) is 10.6. The van der Waals surface area contributed by atoms with Crippen LogP contribution in [0.25, 0.3) is 0 Å². The summed E-state index contributed by atoms with van der Waals surface area (Å²) >= 11 is 1.49. The highest BCUT2D eigenvalue weighted by Gasteiger charge is 2.19. The molecule has 0 aliphatic rings. The largest absolute Gasteiger partial charge is 0.476 e. The maximum atomic E-state index is 11.0. The summed E-state index contributed by atoms with van der Waals surface area (Å²) in [6.07, 6.45) is 2.15. The first kappa shape index (κ1) is 12.7. The van der Waals surface area contributed by atoms with Crippen molar-refractivity contribution in [2.75, 3.05) is 13.7 Å². The second-order valence-corrected chi connectivity index (χ2v) is 4.50. The summed E-state index contributed by atoms with van der Waals surface area (Å²) in [5.41, 5.74) is 0.531. The van der Waals surface area contributed by atoms with E-state index in [0.29, 0.717) is 25.3 Å². The van der Waals surface area contributed by atoms with Gasteiger partial charge in [0.25, 0.3) is 0 Å². The Morgan fingerprint density at radius 2 is 2.44 bits per heavy atom. The van der Waals surface area contributed by atoms with Crippen molar-refractivity contribution in [2.45, 2.75) is 13.0 Å². The molecule has 0 aliphatic heterocycles. The number of hydrogen-bond donors (Lipinski definition) is 1. The third-order valence-electron chi connectivity index (χ3n) is 2.35. The van der Waals surface area contributed by atoms with E-state index < -0.39 is 5.97 Å². The highest BCUT2D eigenvalue weighted by Crippen LogP contribution is 2.11. The minimum Gasteiger partial charge on any atom is -0.476 e. The number of carbonyl (C=O) groups is 1. The normalized spacial score (nSPS) is 10.7. The number of methoxy groups -OCH3 is 1. The standard InChI is InChI=1S/C10H12N4O3S/c1-17-4-2-7-9(10(15)16)12-13-14(7)6-8-11-3-5-18-8/h3,5H,2,4,6H2,1H3,(H,15,16). The highest BCUT2D eigenvalue weighted by molar-refractivity contribution is 7.09. The maximum Gasteiger partial charge on any atom is 0.358 e. The van der Waals surface area contributed by atoms with E-state index in [0.717, 1.165) is 5.01 Å². The van der Waals surface area contributed by atoms with Crippen molar-refractivity contribution in [3.63, 3.8) is 0 Å². The fourth-order valence-electron chi connectivity index (χ4n) is 1.53. The second-order valence-electron chi connectivity index (χ2n) is 3.52. The summed E-state index contributed by atoms with van der Waals surface area (Å²) in [5, 5.41) is 19.3. The zero-order valence-electron chi connectivity index (χ0n) is 9.74. The van der Waals surface area contributed by atoms with Gasteiger partial charge in [-0.15, -0.1) is 16.4 Å². The van der Waals surface area contributed by atoms with Crippen LogP contribution in [0.4, 0.5) is 0 Å². The Labute approximate surface area is 107 Å². The molecule has 7 nitrogen and oxygen atoms in total. The zero-order chi connectivity index (χ0) is 13.0. The van der Waals surface area contributed by atoms with Crippen LogP contribution < -0.4 is 0 Å². The van der Waals surface area contributed by atoms with Crippen molar-refractivity contribution in [2.24, 2.45) is 0 Å². The van der Waals surface area contributed by atoms with E-state index in [2.05, 4.69) is 15.3 Å². The van der Waals surface area contributed by atoms with Gasteiger partial charge in [0.05, 0.1) is 18.8 Å². The van der Waals surface area contributed by atoms with Gasteiger partial charge in [-0.25, -0.2) is 14.5 Å². The number of carboxylic acids is 1. The van der Waals surface area contributed by atoms with Crippen LogP contribution in [0.2, 0.25) is 0 Å². The minimum atomic E-state index is -1.08. The van der Waals surface area contributed by atoms with Gasteiger partial charge < -0.3 is 9.84 Å². The molecule has 2 heterocycles. The number of aromatic nitrogens is 4. The van der Waals surface area contributed by atoms with E-state index in [9.17, 15) is 4.79 Å². The molecule has 2 aromatic heterocycles. The van der Waals surface area contributed by atoms with Crippen LogP contribution in [0.3, 0.4) is 0 Å². The molecule has 8 heteroatoms. The fourth-order valence-corrected chi connectivity index (χ4v) is 2.13. The third kappa shape index (κ3) is 2.71. The van der Waals surface area contributed by atoms with Crippen molar-refractivity contribution >= 4 is 17.3 Å². The first-order valence-corrected chi connectivity index (χ1v) is 6.13. The average Bonchev–Trinajstić information content (AvgIpc) is 2.96. The topological polar surface area (TPSA) is 90.1 Å². The molecule has 0 spiro atoms. The molecular weight excluding hydrogens is 256 g/mol. The van der Waals surface area contributed by atoms with Crippen molar-refractivity contribution in [3.8, 4) is 0 Å². The Bertz CT molecular complexity index is 523. The van der Waals surface area contributed by atoms with Gasteiger partial charge in [0.1, 0.15) is 5.01 Å². The average molecular weight is 268 g/mol. The van der Waals surface area contributed by atoms with E-state index in [1.165, 1.54) is 11.3 Å². The van der Waals surface area contributed by atoms with Crippen molar-refractivity contribution in [1.82, 2.24) is 20.0 Å². The molecule has 0 saturated heterocycles. The van der Waals surface area contributed by atoms with Gasteiger partial charge in [-0.2, -0.15) is 0 Å². The van der Waals surface area contributed by atoms with Crippen LogP contribution in [0.5, 0.6) is 0 Å². The first-order chi connectivity index (χ1) is 8.72. The Morgan fingerprint density at radius 1 is 1.61 bits per heavy atom. The van der Waals surface area contributed by atoms with Crippen LogP contribution in [0.1, 0.15) is 21.2 Å². The Hall–Kier alpha value is -1.80. The molecule has 1 N–H and O–H groups in total. The predicted octanol–water partition coefficient (Wildman–Crippen LogP) is 0.670. The number of rotatable bonds is 6. The molecule has 0 amide bonds. The van der Waals surface area contributed by atoms with Gasteiger partial charge >= 0.3 is 5.97 Å². The first-order valence-electron chi connectivity index (χ1n) is 5.25. The molecule has 0 fully saturated rings. The number of thiazole rings is 1. The lowest BCUT2D eigenvalue weighted by molar-refractivity contribution is 0.0688. The summed E-state index contributed by atoms with van der Waals surface area (Å²) in [6, 6.07) is 0. The summed E-state index contributed by atoms with van der Waals surface area (Å²) in [6.45, 7) is 0.850. The number of carboxylic acid groups (broad SMARTS) is 1. The molecule has 0 saturated carbocycles. The van der Waals surface area contributed by atoms with Crippen LogP contribution >= 0.6 is 11.3 Å². The molecule has 0 atom stereocenters. The van der Waals surface area contributed by atoms with E-state index >= 15 is 0 Å². The van der Waals surface area contributed by atoms with E-state index in [1.54, 1.807) is 18.0 Å². The summed E-state index contributed by atoms with van der Waals surface area (Å²) in [4.78, 5) is 15.2. The number of hydrogen-bond acceptors (Lipinski definition) is 6. The molecule has 2 aromatic rings. The predicted molar refractivity (Wildman–Crippen MR) is 63.8 cm³/mol. The molecule has 0 bridgehead atoms. The van der Waals surface area contributed by atoms with Crippen molar-refractivity contribution in [1.29, 1.82) is 0 Å². The van der Waals surface area contributed by atoms with Crippen LogP contribution in [-0.2, 0) is 17.7 Å². The molecule has 96 valence electrons. The lowest BCUT2D eigenvalue weighted by Crippen LogP contribution is -2.11. The highest BCUT2D eigenvalue weighted by atomic mass is 32.1. The van der Waals surface area contributed by atoms with Crippen LogP contribution in [0.15, 0.2) is 11.6 Å². The van der Waals surface area contributed by atoms with Gasteiger partial charge in [-0.3, -0.25) is 0 Å². The summed E-state index contributed by atoms with van der Waals surface area (Å²) in [5.74, 6) is -1.08. The smallest absolute Gasteiger partial charge is 0.358 e. The van der Waals surface area contributed by atoms with Crippen molar-refractivity contribution < 1.29 is 14.6 Å². The number of aromatic carboxylic acids is 1. The van der Waals surface area contributed by atoms with Crippen molar-refractivity contribution in [3.05, 3.63) is 28.0 Å². The molecular formula is C10H12N4O3S. The summed E-state index contributed by atoms with van der Waals surface area (Å²) < 4.78 is 6.52. The van der Waals surface area contributed by atoms with Gasteiger partial charge in [0.15, 0.2) is 5.69 Å². The summed E-state index contributed by atoms with van der Waals surface area (Å²) in [7, 11) is 1.56. The fraction of sp³-hybridized carbons (Fsp3) is 0.400. The Kier molecular flexibility index (Phi) is 4.00. The Balaban J connectivity index is 2.25. The minimum absolute atomic E-state index is 0.0244. The van der Waals surface area contributed by atoms with Gasteiger partial charge in [0, 0.05) is 25.1 Å². The quantitative estimate of drug-likeness (QED) is 0.828. The lowest BCUT2D eigenvalue weighted by atomic mass is 10.2. The maximum absolute atomic E-state index is 11.0. The molecule has 2 rings (SSSR count). The SMILES string of the molecule is COCCc1c(C(=O)O)nnn1Cc1nccs1. The van der Waals surface area contributed by atoms with Crippen LogP contribution in [-0.4, -0.2) is 44.8 Å². The molecule has 0 aromatic carbocycles. The van der Waals surface area contributed by atoms with E-state index in [1.807, 2.05) is 5.38 Å². The molecule has 0 aliphatic carbocycles. The number of ether oxygens (including phenoxy) is 1. The molecule has 0 unspecified atom stereocenters. The third-order valence-corrected chi connectivity index (χ3v) is 3.12. The lowest BCUT2D eigenvalue weighted by Gasteiger charge is -2.04. The van der Waals surface area contributed by atoms with Gasteiger partial charge in [-0.05, 0) is 0 Å². The molecule has 18 heavy (non-hydrogen) atoms. The van der Waals surface area contributed by atoms with Gasteiger partial charge in [0.2, 0.25) is 0 Å².